The Balaban J connectivity index is 0.00000245. The molecule has 6 nitrogen and oxygen atoms in total. The second kappa shape index (κ2) is 9.05. The monoisotopic (exact) mass is 480 g/mol. The third-order valence-corrected chi connectivity index (χ3v) is 5.76. The molecule has 2 aliphatic heterocycles. The van der Waals surface area contributed by atoms with Crippen LogP contribution in [-0.2, 0) is 6.61 Å². The largest absolute Gasteiger partial charge is 0.488 e. The molecule has 0 unspecified atom stereocenters. The highest BCUT2D eigenvalue weighted by Gasteiger charge is 2.31. The number of fused-ring (bicyclic) bond motifs is 3. The van der Waals surface area contributed by atoms with Gasteiger partial charge in [0.15, 0.2) is 11.5 Å². The lowest BCUT2D eigenvalue weighted by molar-refractivity contribution is 0.0741. The summed E-state index contributed by atoms with van der Waals surface area (Å²) < 4.78 is 35.3. The van der Waals surface area contributed by atoms with Gasteiger partial charge in [-0.1, -0.05) is 18.0 Å². The van der Waals surface area contributed by atoms with E-state index in [0.717, 1.165) is 44.5 Å². The van der Waals surface area contributed by atoms with Gasteiger partial charge in [0.25, 0.3) is 5.91 Å². The predicted molar refractivity (Wildman–Crippen MR) is 118 cm³/mol. The summed E-state index contributed by atoms with van der Waals surface area (Å²) in [6.45, 7) is 1.60. The summed E-state index contributed by atoms with van der Waals surface area (Å²) in [4.78, 5) is 13.1. The SMILES string of the molecule is Cl.O=C(NN1CCCCC1)c1nn(-c2ccc(F)cc2F)c2c1COc1cc(Cl)ccc1-2. The van der Waals surface area contributed by atoms with Gasteiger partial charge in [0.2, 0.25) is 0 Å². The van der Waals surface area contributed by atoms with Crippen LogP contribution in [0, 0.1) is 11.6 Å². The molecule has 1 N–H and O–H groups in total. The Morgan fingerprint density at radius 3 is 2.62 bits per heavy atom. The average Bonchev–Trinajstić information content (AvgIpc) is 3.14. The van der Waals surface area contributed by atoms with Crippen LogP contribution in [0.3, 0.4) is 0 Å². The average molecular weight is 481 g/mol. The lowest BCUT2D eigenvalue weighted by atomic mass is 10.0. The van der Waals surface area contributed by atoms with E-state index in [2.05, 4.69) is 10.5 Å². The molecule has 3 heterocycles. The number of hydrogen-bond donors (Lipinski definition) is 1. The summed E-state index contributed by atoms with van der Waals surface area (Å²) >= 11 is 6.09. The van der Waals surface area contributed by atoms with Crippen LogP contribution < -0.4 is 10.2 Å². The Hall–Kier alpha value is -2.68. The summed E-state index contributed by atoms with van der Waals surface area (Å²) in [5.41, 5.74) is 4.76. The topological polar surface area (TPSA) is 59.4 Å². The second-order valence-electron chi connectivity index (χ2n) is 7.60. The van der Waals surface area contributed by atoms with E-state index in [9.17, 15) is 13.6 Å². The third kappa shape index (κ3) is 4.05. The Bertz CT molecular complexity index is 1180. The molecule has 3 aromatic rings. The highest BCUT2D eigenvalue weighted by Crippen LogP contribution is 2.41. The summed E-state index contributed by atoms with van der Waals surface area (Å²) in [5, 5.41) is 6.80. The first-order valence-corrected chi connectivity index (χ1v) is 10.4. The number of nitrogens with zero attached hydrogens (tertiary/aromatic N) is 3. The highest BCUT2D eigenvalue weighted by molar-refractivity contribution is 6.30. The molecule has 0 atom stereocenters. The van der Waals surface area contributed by atoms with Gasteiger partial charge in [0.1, 0.15) is 23.9 Å². The number of amides is 1. The van der Waals surface area contributed by atoms with Gasteiger partial charge in [-0.3, -0.25) is 10.2 Å². The molecule has 2 aliphatic rings. The molecule has 168 valence electrons. The van der Waals surface area contributed by atoms with Crippen LogP contribution in [0.1, 0.15) is 35.3 Å². The summed E-state index contributed by atoms with van der Waals surface area (Å²) in [6, 6.07) is 8.33. The summed E-state index contributed by atoms with van der Waals surface area (Å²) in [7, 11) is 0. The maximum absolute atomic E-state index is 14.7. The van der Waals surface area contributed by atoms with Gasteiger partial charge in [-0.25, -0.2) is 18.5 Å². The van der Waals surface area contributed by atoms with Gasteiger partial charge in [0.05, 0.1) is 5.69 Å². The maximum Gasteiger partial charge on any atom is 0.286 e. The van der Waals surface area contributed by atoms with Crippen molar-refractivity contribution in [3.05, 3.63) is 64.3 Å². The number of hydrazine groups is 1. The van der Waals surface area contributed by atoms with Crippen molar-refractivity contribution in [2.75, 3.05) is 13.1 Å². The van der Waals surface area contributed by atoms with E-state index in [4.69, 9.17) is 16.3 Å². The summed E-state index contributed by atoms with van der Waals surface area (Å²) in [6.07, 6.45) is 3.14. The van der Waals surface area contributed by atoms with Crippen molar-refractivity contribution in [3.63, 3.8) is 0 Å². The van der Waals surface area contributed by atoms with Crippen LogP contribution >= 0.6 is 24.0 Å². The smallest absolute Gasteiger partial charge is 0.286 e. The molecular weight excluding hydrogens is 461 g/mol. The van der Waals surface area contributed by atoms with E-state index in [-0.39, 0.29) is 36.3 Å². The van der Waals surface area contributed by atoms with E-state index in [0.29, 0.717) is 27.6 Å². The molecule has 2 aromatic carbocycles. The van der Waals surface area contributed by atoms with Crippen LogP contribution in [0.15, 0.2) is 36.4 Å². The number of piperidine rings is 1. The van der Waals surface area contributed by atoms with Crippen LogP contribution in [-0.4, -0.2) is 33.8 Å². The van der Waals surface area contributed by atoms with E-state index in [1.165, 1.54) is 10.7 Å². The van der Waals surface area contributed by atoms with Gasteiger partial charge in [-0.15, -0.1) is 12.4 Å². The fraction of sp³-hybridized carbons (Fsp3) is 0.273. The van der Waals surface area contributed by atoms with E-state index in [1.807, 2.05) is 5.01 Å². The van der Waals surface area contributed by atoms with Crippen molar-refractivity contribution < 1.29 is 18.3 Å². The maximum atomic E-state index is 14.7. The van der Waals surface area contributed by atoms with Crippen molar-refractivity contribution in [2.45, 2.75) is 25.9 Å². The van der Waals surface area contributed by atoms with Gasteiger partial charge in [0, 0.05) is 35.3 Å². The molecule has 0 radical (unpaired) electrons. The Kier molecular flexibility index (Phi) is 6.37. The fourth-order valence-electron chi connectivity index (χ4n) is 4.04. The molecule has 1 saturated heterocycles. The number of benzene rings is 2. The standard InChI is InChI=1S/C22H19ClF2N4O2.ClH/c23-13-4-6-15-19(10-13)31-12-16-20(22(30)27-28-8-2-1-3-9-28)26-29(21(15)16)18-7-5-14(24)11-17(18)25;/h4-7,10-11H,1-3,8-9,12H2,(H,27,30);1H. The minimum atomic E-state index is -0.782. The molecule has 5 rings (SSSR count). The summed E-state index contributed by atoms with van der Waals surface area (Å²) in [5.74, 6) is -1.36. The molecule has 0 saturated carbocycles. The Morgan fingerprint density at radius 2 is 1.88 bits per heavy atom. The van der Waals surface area contributed by atoms with E-state index >= 15 is 0 Å². The molecule has 1 amide bonds. The fourth-order valence-corrected chi connectivity index (χ4v) is 4.20. The van der Waals surface area contributed by atoms with Crippen molar-refractivity contribution in [2.24, 2.45) is 0 Å². The number of aromatic nitrogens is 2. The van der Waals surface area contributed by atoms with Crippen LogP contribution in [0.25, 0.3) is 16.9 Å². The molecule has 0 bridgehead atoms. The normalized spacial score (nSPS) is 15.2. The minimum absolute atomic E-state index is 0. The van der Waals surface area contributed by atoms with Crippen LogP contribution in [0.5, 0.6) is 5.75 Å². The number of carbonyl (C=O) groups excluding carboxylic acids is 1. The van der Waals surface area contributed by atoms with Crippen molar-refractivity contribution in [1.82, 2.24) is 20.2 Å². The Morgan fingerprint density at radius 1 is 1.09 bits per heavy atom. The Labute approximate surface area is 194 Å². The lowest BCUT2D eigenvalue weighted by Gasteiger charge is -2.26. The number of ether oxygens (including phenoxy) is 1. The van der Waals surface area contributed by atoms with Crippen LogP contribution in [0.4, 0.5) is 8.78 Å². The third-order valence-electron chi connectivity index (χ3n) is 5.52. The predicted octanol–water partition coefficient (Wildman–Crippen LogP) is 4.92. The van der Waals surface area contributed by atoms with Crippen LogP contribution in [0.2, 0.25) is 5.02 Å². The molecule has 0 spiro atoms. The highest BCUT2D eigenvalue weighted by atomic mass is 35.5. The molecule has 32 heavy (non-hydrogen) atoms. The van der Waals surface area contributed by atoms with Gasteiger partial charge in [-0.05, 0) is 43.2 Å². The second-order valence-corrected chi connectivity index (χ2v) is 8.04. The first kappa shape index (κ1) is 22.5. The number of nitrogens with one attached hydrogen (secondary N) is 1. The quantitative estimate of drug-likeness (QED) is 0.578. The number of carbonyl (C=O) groups is 1. The number of hydrogen-bond acceptors (Lipinski definition) is 4. The molecule has 0 aliphatic carbocycles. The molecule has 1 fully saturated rings. The number of rotatable bonds is 3. The molecular formula is C22H20Cl2F2N4O2. The minimum Gasteiger partial charge on any atom is -0.488 e. The van der Waals surface area contributed by atoms with Crippen molar-refractivity contribution in [3.8, 4) is 22.7 Å². The zero-order valence-electron chi connectivity index (χ0n) is 16.9. The lowest BCUT2D eigenvalue weighted by Crippen LogP contribution is -2.45. The molecule has 10 heteroatoms. The van der Waals surface area contributed by atoms with Crippen molar-refractivity contribution >= 4 is 29.9 Å². The molecule has 1 aromatic heterocycles. The zero-order valence-corrected chi connectivity index (χ0v) is 18.5. The van der Waals surface area contributed by atoms with Gasteiger partial charge < -0.3 is 4.74 Å². The first-order chi connectivity index (χ1) is 15.0. The van der Waals surface area contributed by atoms with Crippen molar-refractivity contribution in [1.29, 1.82) is 0 Å². The van der Waals surface area contributed by atoms with Gasteiger partial charge in [-0.2, -0.15) is 5.10 Å². The first-order valence-electron chi connectivity index (χ1n) is 10.1. The zero-order chi connectivity index (χ0) is 21.5. The van der Waals surface area contributed by atoms with E-state index in [1.54, 1.807) is 18.2 Å². The number of halogens is 4. The van der Waals surface area contributed by atoms with Gasteiger partial charge >= 0.3 is 0 Å². The van der Waals surface area contributed by atoms with E-state index < -0.39 is 11.6 Å².